The Morgan fingerprint density at radius 3 is 2.69 bits per heavy atom. The summed E-state index contributed by atoms with van der Waals surface area (Å²) in [6.45, 7) is 0.626. The zero-order valence-electron chi connectivity index (χ0n) is 15.1. The molecular formula is C22H24N2O2. The van der Waals surface area contributed by atoms with Gasteiger partial charge in [0, 0.05) is 41.7 Å². The van der Waals surface area contributed by atoms with Crippen LogP contribution in [0.2, 0.25) is 0 Å². The molecule has 0 radical (unpaired) electrons. The van der Waals surface area contributed by atoms with E-state index in [4.69, 9.17) is 4.74 Å². The van der Waals surface area contributed by atoms with E-state index < -0.39 is 0 Å². The monoisotopic (exact) mass is 348 g/mol. The molecule has 0 aliphatic heterocycles. The number of carbonyl (C=O) groups is 1. The summed E-state index contributed by atoms with van der Waals surface area (Å²) in [5.74, 6) is 1.08. The summed E-state index contributed by atoms with van der Waals surface area (Å²) in [7, 11) is 1.68. The number of rotatable bonds is 7. The number of ether oxygens (including phenoxy) is 1. The molecule has 1 fully saturated rings. The van der Waals surface area contributed by atoms with Gasteiger partial charge in [-0.05, 0) is 37.0 Å². The second-order valence-corrected chi connectivity index (χ2v) is 6.92. The lowest BCUT2D eigenvalue weighted by molar-refractivity contribution is -0.132. The van der Waals surface area contributed by atoms with E-state index in [-0.39, 0.29) is 5.91 Å². The van der Waals surface area contributed by atoms with E-state index in [0.717, 1.165) is 36.1 Å². The number of fused-ring (bicyclic) bond motifs is 1. The summed E-state index contributed by atoms with van der Waals surface area (Å²) in [5, 5.41) is 1.21. The number of aryl methyl sites for hydroxylation is 1. The topological polar surface area (TPSA) is 45.3 Å². The number of aromatic amines is 1. The van der Waals surface area contributed by atoms with Crippen LogP contribution in [-0.2, 0) is 17.8 Å². The van der Waals surface area contributed by atoms with E-state index in [0.29, 0.717) is 19.0 Å². The quantitative estimate of drug-likeness (QED) is 0.692. The Morgan fingerprint density at radius 1 is 1.12 bits per heavy atom. The number of para-hydroxylation sites is 2. The van der Waals surface area contributed by atoms with Crippen molar-refractivity contribution in [1.29, 1.82) is 0 Å². The number of benzene rings is 2. The average Bonchev–Trinajstić information content (AvgIpc) is 3.44. The molecule has 4 nitrogen and oxygen atoms in total. The summed E-state index contributed by atoms with van der Waals surface area (Å²) < 4.78 is 5.45. The summed E-state index contributed by atoms with van der Waals surface area (Å²) in [6, 6.07) is 16.6. The highest BCUT2D eigenvalue weighted by atomic mass is 16.5. The minimum atomic E-state index is 0.226. The number of aromatic nitrogens is 1. The smallest absolute Gasteiger partial charge is 0.223 e. The molecule has 1 heterocycles. The Kier molecular flexibility index (Phi) is 4.65. The first-order valence-corrected chi connectivity index (χ1v) is 9.22. The van der Waals surface area contributed by atoms with Crippen molar-refractivity contribution in [2.45, 2.75) is 38.3 Å². The number of hydrogen-bond acceptors (Lipinski definition) is 2. The van der Waals surface area contributed by atoms with Crippen LogP contribution in [0.3, 0.4) is 0 Å². The molecule has 4 heteroatoms. The molecule has 134 valence electrons. The van der Waals surface area contributed by atoms with Crippen LogP contribution in [0.1, 0.15) is 30.4 Å². The lowest BCUT2D eigenvalue weighted by Crippen LogP contribution is -2.32. The maximum absolute atomic E-state index is 12.9. The van der Waals surface area contributed by atoms with Gasteiger partial charge in [0.15, 0.2) is 0 Å². The molecule has 2 aromatic carbocycles. The molecule has 0 spiro atoms. The molecular weight excluding hydrogens is 324 g/mol. The zero-order valence-corrected chi connectivity index (χ0v) is 15.1. The Hall–Kier alpha value is -2.75. The van der Waals surface area contributed by atoms with E-state index in [9.17, 15) is 4.79 Å². The van der Waals surface area contributed by atoms with Crippen LogP contribution in [0.5, 0.6) is 5.75 Å². The van der Waals surface area contributed by atoms with Crippen LogP contribution in [0.4, 0.5) is 0 Å². The van der Waals surface area contributed by atoms with Crippen molar-refractivity contribution in [3.05, 3.63) is 65.9 Å². The van der Waals surface area contributed by atoms with Crippen LogP contribution >= 0.6 is 0 Å². The molecule has 4 rings (SSSR count). The third-order valence-electron chi connectivity index (χ3n) is 5.12. The Labute approximate surface area is 153 Å². The summed E-state index contributed by atoms with van der Waals surface area (Å²) in [4.78, 5) is 18.3. The molecule has 0 bridgehead atoms. The van der Waals surface area contributed by atoms with Crippen LogP contribution in [0.15, 0.2) is 54.7 Å². The normalized spacial score (nSPS) is 13.7. The highest BCUT2D eigenvalue weighted by Gasteiger charge is 2.32. The predicted molar refractivity (Wildman–Crippen MR) is 103 cm³/mol. The van der Waals surface area contributed by atoms with Crippen molar-refractivity contribution in [2.75, 3.05) is 7.11 Å². The Bertz CT molecular complexity index is 911. The number of amides is 1. The van der Waals surface area contributed by atoms with Crippen molar-refractivity contribution in [2.24, 2.45) is 0 Å². The van der Waals surface area contributed by atoms with Crippen LogP contribution in [0, 0.1) is 0 Å². The molecule has 1 aliphatic carbocycles. The van der Waals surface area contributed by atoms with Crippen molar-refractivity contribution in [3.63, 3.8) is 0 Å². The van der Waals surface area contributed by atoms with Crippen molar-refractivity contribution >= 4 is 16.8 Å². The van der Waals surface area contributed by atoms with Gasteiger partial charge in [0.1, 0.15) is 5.75 Å². The number of nitrogens with one attached hydrogen (secondary N) is 1. The summed E-state index contributed by atoms with van der Waals surface area (Å²) in [6.07, 6.45) is 5.53. The molecule has 1 amide bonds. The number of carbonyl (C=O) groups excluding carboxylic acids is 1. The summed E-state index contributed by atoms with van der Waals surface area (Å²) >= 11 is 0. The average molecular weight is 348 g/mol. The van der Waals surface area contributed by atoms with Gasteiger partial charge in [-0.15, -0.1) is 0 Å². The van der Waals surface area contributed by atoms with Crippen LogP contribution in [0.25, 0.3) is 10.9 Å². The fourth-order valence-electron chi connectivity index (χ4n) is 3.55. The molecule has 1 N–H and O–H groups in total. The number of methoxy groups -OCH3 is 1. The standard InChI is InChI=1S/C22H24N2O2/c1-26-21-9-5-2-6-17(21)15-24(18-11-12-18)22(25)13-10-16-14-23-20-8-4-3-7-19(16)20/h2-9,14,18,23H,10-13,15H2,1H3. The van der Waals surface area contributed by atoms with E-state index in [2.05, 4.69) is 17.1 Å². The van der Waals surface area contributed by atoms with Gasteiger partial charge in [0.25, 0.3) is 0 Å². The maximum atomic E-state index is 12.9. The fraction of sp³-hybridized carbons (Fsp3) is 0.318. The van der Waals surface area contributed by atoms with E-state index >= 15 is 0 Å². The van der Waals surface area contributed by atoms with Gasteiger partial charge in [-0.2, -0.15) is 0 Å². The van der Waals surface area contributed by atoms with Crippen molar-refractivity contribution in [1.82, 2.24) is 9.88 Å². The van der Waals surface area contributed by atoms with Gasteiger partial charge in [0.2, 0.25) is 5.91 Å². The van der Waals surface area contributed by atoms with Gasteiger partial charge in [-0.3, -0.25) is 4.79 Å². The zero-order chi connectivity index (χ0) is 17.9. The molecule has 1 aliphatic rings. The predicted octanol–water partition coefficient (Wildman–Crippen LogP) is 4.30. The van der Waals surface area contributed by atoms with Gasteiger partial charge < -0.3 is 14.6 Å². The SMILES string of the molecule is COc1ccccc1CN(C(=O)CCc1c[nH]c2ccccc12)C1CC1. The summed E-state index contributed by atoms with van der Waals surface area (Å²) in [5.41, 5.74) is 3.41. The minimum Gasteiger partial charge on any atom is -0.496 e. The lowest BCUT2D eigenvalue weighted by Gasteiger charge is -2.23. The molecule has 1 saturated carbocycles. The van der Waals surface area contributed by atoms with E-state index in [1.807, 2.05) is 47.5 Å². The molecule has 1 aromatic heterocycles. The van der Waals surface area contributed by atoms with Crippen LogP contribution in [-0.4, -0.2) is 28.9 Å². The third-order valence-corrected chi connectivity index (χ3v) is 5.12. The minimum absolute atomic E-state index is 0.226. The number of H-pyrrole nitrogens is 1. The molecule has 0 atom stereocenters. The van der Waals surface area contributed by atoms with Gasteiger partial charge in [-0.25, -0.2) is 0 Å². The van der Waals surface area contributed by atoms with Gasteiger partial charge in [-0.1, -0.05) is 36.4 Å². The molecule has 0 saturated heterocycles. The van der Waals surface area contributed by atoms with Gasteiger partial charge >= 0.3 is 0 Å². The first-order valence-electron chi connectivity index (χ1n) is 9.22. The van der Waals surface area contributed by atoms with E-state index in [1.165, 1.54) is 10.9 Å². The third kappa shape index (κ3) is 3.45. The lowest BCUT2D eigenvalue weighted by atomic mass is 10.1. The number of nitrogens with zero attached hydrogens (tertiary/aromatic N) is 1. The fourth-order valence-corrected chi connectivity index (χ4v) is 3.55. The van der Waals surface area contributed by atoms with E-state index in [1.54, 1.807) is 7.11 Å². The van der Waals surface area contributed by atoms with Crippen molar-refractivity contribution < 1.29 is 9.53 Å². The second-order valence-electron chi connectivity index (χ2n) is 6.92. The Balaban J connectivity index is 1.46. The maximum Gasteiger partial charge on any atom is 0.223 e. The molecule has 3 aromatic rings. The highest BCUT2D eigenvalue weighted by molar-refractivity contribution is 5.84. The Morgan fingerprint density at radius 2 is 1.88 bits per heavy atom. The molecule has 0 unspecified atom stereocenters. The first-order chi connectivity index (χ1) is 12.8. The van der Waals surface area contributed by atoms with Gasteiger partial charge in [0.05, 0.1) is 7.11 Å². The molecule has 26 heavy (non-hydrogen) atoms. The van der Waals surface area contributed by atoms with Crippen LogP contribution < -0.4 is 4.74 Å². The second kappa shape index (κ2) is 7.24. The first kappa shape index (κ1) is 16.7. The highest BCUT2D eigenvalue weighted by Crippen LogP contribution is 2.31. The largest absolute Gasteiger partial charge is 0.496 e. The van der Waals surface area contributed by atoms with Crippen molar-refractivity contribution in [3.8, 4) is 5.75 Å². The number of hydrogen-bond donors (Lipinski definition) is 1.